The largest absolute Gasteiger partial charge is 0.305 e. The predicted molar refractivity (Wildman–Crippen MR) is 65.7 cm³/mol. The number of rotatable bonds is 4. The summed E-state index contributed by atoms with van der Waals surface area (Å²) in [6.45, 7) is 8.82. The molecule has 4 heteroatoms. The molecule has 0 spiro atoms. The predicted octanol–water partition coefficient (Wildman–Crippen LogP) is 3.60. The molecule has 2 nitrogen and oxygen atoms in total. The first kappa shape index (κ1) is 12.1. The number of aromatic nitrogens is 1. The van der Waals surface area contributed by atoms with E-state index >= 15 is 0 Å². The van der Waals surface area contributed by atoms with Crippen LogP contribution in [0.25, 0.3) is 0 Å². The van der Waals surface area contributed by atoms with Crippen LogP contribution >= 0.6 is 27.3 Å². The molecular formula is C10H17BrN2S. The van der Waals surface area contributed by atoms with Crippen LogP contribution in [0.15, 0.2) is 9.98 Å². The summed E-state index contributed by atoms with van der Waals surface area (Å²) in [5.74, 6) is 0.654. The first-order valence-electron chi connectivity index (χ1n) is 4.88. The van der Waals surface area contributed by atoms with Gasteiger partial charge in [-0.2, -0.15) is 0 Å². The Morgan fingerprint density at radius 2 is 2.00 bits per heavy atom. The molecule has 0 aromatic carbocycles. The topological polar surface area (TPSA) is 24.9 Å². The highest BCUT2D eigenvalue weighted by Crippen LogP contribution is 2.24. The van der Waals surface area contributed by atoms with Crippen molar-refractivity contribution in [2.45, 2.75) is 39.8 Å². The van der Waals surface area contributed by atoms with Crippen molar-refractivity contribution in [2.75, 3.05) is 0 Å². The zero-order chi connectivity index (χ0) is 10.7. The SMILES string of the molecule is CC(NC(C)C(C)C)c1ncc(Br)s1. The molecule has 0 amide bonds. The number of thiazole rings is 1. The zero-order valence-corrected chi connectivity index (χ0v) is 11.4. The highest BCUT2D eigenvalue weighted by atomic mass is 79.9. The minimum Gasteiger partial charge on any atom is -0.305 e. The molecule has 0 fully saturated rings. The van der Waals surface area contributed by atoms with Crippen molar-refractivity contribution in [3.8, 4) is 0 Å². The van der Waals surface area contributed by atoms with Crippen molar-refractivity contribution in [3.05, 3.63) is 15.0 Å². The normalized spacial score (nSPS) is 15.9. The fraction of sp³-hybridized carbons (Fsp3) is 0.700. The maximum absolute atomic E-state index is 4.34. The number of halogens is 1. The van der Waals surface area contributed by atoms with Gasteiger partial charge in [-0.15, -0.1) is 11.3 Å². The summed E-state index contributed by atoms with van der Waals surface area (Å²) in [7, 11) is 0. The maximum atomic E-state index is 4.34. The third-order valence-electron chi connectivity index (χ3n) is 2.38. The third-order valence-corrected chi connectivity index (χ3v) is 4.04. The van der Waals surface area contributed by atoms with E-state index in [0.29, 0.717) is 18.0 Å². The second-order valence-electron chi connectivity index (χ2n) is 3.92. The second kappa shape index (κ2) is 5.24. The molecule has 0 aliphatic heterocycles. The van der Waals surface area contributed by atoms with E-state index in [-0.39, 0.29) is 0 Å². The molecule has 0 radical (unpaired) electrons. The van der Waals surface area contributed by atoms with Crippen LogP contribution in [0.3, 0.4) is 0 Å². The highest BCUT2D eigenvalue weighted by molar-refractivity contribution is 9.11. The van der Waals surface area contributed by atoms with E-state index in [2.05, 4.69) is 53.9 Å². The summed E-state index contributed by atoms with van der Waals surface area (Å²) >= 11 is 5.12. The first-order valence-corrected chi connectivity index (χ1v) is 6.49. The Morgan fingerprint density at radius 1 is 1.36 bits per heavy atom. The average Bonchev–Trinajstić information content (AvgIpc) is 2.51. The van der Waals surface area contributed by atoms with Crippen molar-refractivity contribution in [2.24, 2.45) is 5.92 Å². The monoisotopic (exact) mass is 276 g/mol. The molecule has 1 aromatic heterocycles. The summed E-state index contributed by atoms with van der Waals surface area (Å²) in [5.41, 5.74) is 0. The molecule has 1 aromatic rings. The molecule has 1 N–H and O–H groups in total. The fourth-order valence-corrected chi connectivity index (χ4v) is 2.38. The summed E-state index contributed by atoms with van der Waals surface area (Å²) in [6.07, 6.45) is 1.86. The highest BCUT2D eigenvalue weighted by Gasteiger charge is 2.14. The molecule has 0 aliphatic carbocycles. The molecule has 2 unspecified atom stereocenters. The number of nitrogens with one attached hydrogen (secondary N) is 1. The van der Waals surface area contributed by atoms with Gasteiger partial charge in [-0.1, -0.05) is 13.8 Å². The van der Waals surface area contributed by atoms with Crippen LogP contribution < -0.4 is 5.32 Å². The van der Waals surface area contributed by atoms with Crippen LogP contribution in [0.4, 0.5) is 0 Å². The lowest BCUT2D eigenvalue weighted by atomic mass is 10.1. The molecule has 2 atom stereocenters. The molecule has 0 aliphatic rings. The van der Waals surface area contributed by atoms with Crippen molar-refractivity contribution in [1.29, 1.82) is 0 Å². The number of nitrogens with zero attached hydrogens (tertiary/aromatic N) is 1. The molecular weight excluding hydrogens is 260 g/mol. The van der Waals surface area contributed by atoms with Crippen LogP contribution in [0, 0.1) is 5.92 Å². The van der Waals surface area contributed by atoms with Crippen molar-refractivity contribution < 1.29 is 0 Å². The standard InChI is InChI=1S/C10H17BrN2S/c1-6(2)7(3)13-8(4)10-12-5-9(11)14-10/h5-8,13H,1-4H3. The van der Waals surface area contributed by atoms with Crippen LogP contribution in [0.5, 0.6) is 0 Å². The Morgan fingerprint density at radius 3 is 2.43 bits per heavy atom. The van der Waals surface area contributed by atoms with Gasteiger partial charge < -0.3 is 5.32 Å². The van der Waals surface area contributed by atoms with Crippen molar-refractivity contribution in [1.82, 2.24) is 10.3 Å². The lowest BCUT2D eigenvalue weighted by Crippen LogP contribution is -2.32. The van der Waals surface area contributed by atoms with Gasteiger partial charge in [0.2, 0.25) is 0 Å². The average molecular weight is 277 g/mol. The lowest BCUT2D eigenvalue weighted by Gasteiger charge is -2.21. The molecule has 0 bridgehead atoms. The summed E-state index contributed by atoms with van der Waals surface area (Å²) in [5, 5.41) is 4.68. The quantitative estimate of drug-likeness (QED) is 0.909. The number of hydrogen-bond donors (Lipinski definition) is 1. The maximum Gasteiger partial charge on any atom is 0.110 e. The van der Waals surface area contributed by atoms with Gasteiger partial charge in [0, 0.05) is 6.04 Å². The van der Waals surface area contributed by atoms with Gasteiger partial charge in [-0.25, -0.2) is 4.98 Å². The third kappa shape index (κ3) is 3.33. The van der Waals surface area contributed by atoms with E-state index in [9.17, 15) is 0 Å². The zero-order valence-electron chi connectivity index (χ0n) is 9.04. The Labute approximate surface area is 98.3 Å². The fourth-order valence-electron chi connectivity index (χ4n) is 1.13. The van der Waals surface area contributed by atoms with E-state index in [1.54, 1.807) is 11.3 Å². The van der Waals surface area contributed by atoms with E-state index in [1.165, 1.54) is 0 Å². The summed E-state index contributed by atoms with van der Waals surface area (Å²) in [4.78, 5) is 4.34. The van der Waals surface area contributed by atoms with Gasteiger partial charge >= 0.3 is 0 Å². The lowest BCUT2D eigenvalue weighted by molar-refractivity contribution is 0.388. The molecule has 1 rings (SSSR count). The first-order chi connectivity index (χ1) is 6.50. The van der Waals surface area contributed by atoms with E-state index < -0.39 is 0 Å². The van der Waals surface area contributed by atoms with Crippen LogP contribution in [0.2, 0.25) is 0 Å². The van der Waals surface area contributed by atoms with Crippen molar-refractivity contribution in [3.63, 3.8) is 0 Å². The van der Waals surface area contributed by atoms with E-state index in [4.69, 9.17) is 0 Å². The van der Waals surface area contributed by atoms with Gasteiger partial charge in [-0.3, -0.25) is 0 Å². The number of hydrogen-bond acceptors (Lipinski definition) is 3. The molecule has 0 saturated carbocycles. The van der Waals surface area contributed by atoms with Gasteiger partial charge in [0.25, 0.3) is 0 Å². The van der Waals surface area contributed by atoms with E-state index in [1.807, 2.05) is 6.20 Å². The van der Waals surface area contributed by atoms with E-state index in [0.717, 1.165) is 8.79 Å². The summed E-state index contributed by atoms with van der Waals surface area (Å²) < 4.78 is 1.10. The summed E-state index contributed by atoms with van der Waals surface area (Å²) in [6, 6.07) is 0.858. The minimum absolute atomic E-state index is 0.337. The van der Waals surface area contributed by atoms with Gasteiger partial charge in [0.1, 0.15) is 5.01 Å². The van der Waals surface area contributed by atoms with Gasteiger partial charge in [0.15, 0.2) is 0 Å². The molecule has 0 saturated heterocycles. The Hall–Kier alpha value is 0.0700. The molecule has 14 heavy (non-hydrogen) atoms. The smallest absolute Gasteiger partial charge is 0.110 e. The Bertz CT molecular complexity index is 285. The van der Waals surface area contributed by atoms with Crippen LogP contribution in [-0.4, -0.2) is 11.0 Å². The minimum atomic E-state index is 0.337. The molecule has 80 valence electrons. The Kier molecular flexibility index (Phi) is 4.54. The van der Waals surface area contributed by atoms with Gasteiger partial charge in [-0.05, 0) is 35.7 Å². The molecule has 1 heterocycles. The second-order valence-corrected chi connectivity index (χ2v) is 6.37. The van der Waals surface area contributed by atoms with Crippen LogP contribution in [0.1, 0.15) is 38.7 Å². The van der Waals surface area contributed by atoms with Crippen molar-refractivity contribution >= 4 is 27.3 Å². The Balaban J connectivity index is 2.54. The van der Waals surface area contributed by atoms with Crippen LogP contribution in [-0.2, 0) is 0 Å². The van der Waals surface area contributed by atoms with Gasteiger partial charge in [0.05, 0.1) is 16.0 Å².